The quantitative estimate of drug-likeness (QED) is 0.223. The predicted octanol–water partition coefficient (Wildman–Crippen LogP) is 4.28. The Morgan fingerprint density at radius 1 is 1.28 bits per heavy atom. The summed E-state index contributed by atoms with van der Waals surface area (Å²) in [6.07, 6.45) is 9.60. The lowest BCUT2D eigenvalue weighted by atomic mass is 10.1. The highest BCUT2D eigenvalue weighted by Crippen LogP contribution is 2.32. The molecule has 0 saturated carbocycles. The van der Waals surface area contributed by atoms with Crippen LogP contribution in [0.1, 0.15) is 46.6 Å². The first-order valence-electron chi connectivity index (χ1n) is 10.8. The Hall–Kier alpha value is -3.27. The van der Waals surface area contributed by atoms with Gasteiger partial charge in [0.25, 0.3) is 5.69 Å². The topological polar surface area (TPSA) is 106 Å². The number of thiazole rings is 1. The molecule has 3 aromatic rings. The third-order valence-corrected chi connectivity index (χ3v) is 6.76. The third-order valence-electron chi connectivity index (χ3n) is 5.54. The summed E-state index contributed by atoms with van der Waals surface area (Å²) >= 11 is 1.38. The van der Waals surface area contributed by atoms with Crippen molar-refractivity contribution in [3.8, 4) is 0 Å². The zero-order valence-electron chi connectivity index (χ0n) is 18.0. The van der Waals surface area contributed by atoms with E-state index in [9.17, 15) is 14.9 Å². The van der Waals surface area contributed by atoms with Crippen LogP contribution in [0.3, 0.4) is 0 Å². The van der Waals surface area contributed by atoms with Crippen molar-refractivity contribution in [3.63, 3.8) is 0 Å². The summed E-state index contributed by atoms with van der Waals surface area (Å²) < 4.78 is 1.95. The number of hydrogen-bond donors (Lipinski definition) is 1. The van der Waals surface area contributed by atoms with Gasteiger partial charge in [-0.05, 0) is 44.7 Å². The lowest BCUT2D eigenvalue weighted by Gasteiger charge is -2.25. The number of rotatable bonds is 9. The number of hydrogen-bond acceptors (Lipinski definition) is 8. The van der Waals surface area contributed by atoms with Gasteiger partial charge in [0.05, 0.1) is 21.8 Å². The molecule has 3 heterocycles. The average molecular weight is 455 g/mol. The summed E-state index contributed by atoms with van der Waals surface area (Å²) in [7, 11) is 0. The zero-order valence-corrected chi connectivity index (χ0v) is 18.8. The van der Waals surface area contributed by atoms with Gasteiger partial charge in [-0.15, -0.1) is 0 Å². The number of nitrogens with one attached hydrogen (secondary N) is 1. The summed E-state index contributed by atoms with van der Waals surface area (Å²) in [5, 5.41) is 15.6. The number of anilines is 2. The van der Waals surface area contributed by atoms with Crippen LogP contribution in [-0.2, 0) is 6.54 Å². The molecule has 4 rings (SSSR count). The first-order valence-corrected chi connectivity index (χ1v) is 11.6. The molecule has 32 heavy (non-hydrogen) atoms. The summed E-state index contributed by atoms with van der Waals surface area (Å²) in [5.74, 6) is -0.224. The van der Waals surface area contributed by atoms with Crippen molar-refractivity contribution in [3.05, 3.63) is 63.2 Å². The number of aryl methyl sites for hydroxylation is 2. The highest BCUT2D eigenvalue weighted by atomic mass is 32.1. The number of carbonyl (C=O) groups excluding carboxylic acids is 1. The van der Waals surface area contributed by atoms with Gasteiger partial charge in [-0.25, -0.2) is 9.97 Å². The fourth-order valence-corrected chi connectivity index (χ4v) is 4.90. The molecule has 1 aliphatic heterocycles. The second-order valence-corrected chi connectivity index (χ2v) is 8.84. The Kier molecular flexibility index (Phi) is 6.79. The van der Waals surface area contributed by atoms with E-state index in [0.29, 0.717) is 28.4 Å². The molecule has 0 atom stereocenters. The average Bonchev–Trinajstić information content (AvgIpc) is 3.46. The van der Waals surface area contributed by atoms with Crippen LogP contribution < -0.4 is 10.2 Å². The smallest absolute Gasteiger partial charge is 0.293 e. The minimum absolute atomic E-state index is 0.100. The monoisotopic (exact) mass is 454 g/mol. The van der Waals surface area contributed by atoms with E-state index in [0.717, 1.165) is 44.0 Å². The van der Waals surface area contributed by atoms with Crippen LogP contribution in [0.5, 0.6) is 0 Å². The minimum Gasteiger partial charge on any atom is -0.379 e. The van der Waals surface area contributed by atoms with Crippen LogP contribution in [0, 0.1) is 17.0 Å². The van der Waals surface area contributed by atoms with E-state index in [1.54, 1.807) is 24.7 Å². The largest absolute Gasteiger partial charge is 0.379 e. The van der Waals surface area contributed by atoms with Crippen molar-refractivity contribution >= 4 is 33.6 Å². The number of nitro benzene ring substituents is 1. The van der Waals surface area contributed by atoms with Crippen LogP contribution in [0.4, 0.5) is 16.5 Å². The van der Waals surface area contributed by atoms with E-state index in [4.69, 9.17) is 0 Å². The normalized spacial score (nSPS) is 13.8. The molecule has 0 spiro atoms. The molecule has 1 saturated heterocycles. The summed E-state index contributed by atoms with van der Waals surface area (Å²) in [6.45, 7) is 5.06. The highest BCUT2D eigenvalue weighted by molar-refractivity contribution is 7.17. The Balaban J connectivity index is 1.47. The van der Waals surface area contributed by atoms with Gasteiger partial charge >= 0.3 is 0 Å². The molecule has 10 heteroatoms. The lowest BCUT2D eigenvalue weighted by molar-refractivity contribution is -0.384. The minimum atomic E-state index is -0.451. The summed E-state index contributed by atoms with van der Waals surface area (Å²) in [5.41, 5.74) is 1.28. The molecule has 0 aliphatic carbocycles. The second-order valence-electron chi connectivity index (χ2n) is 7.86. The number of imidazole rings is 1. The van der Waals surface area contributed by atoms with Crippen LogP contribution in [0.2, 0.25) is 0 Å². The molecular weight excluding hydrogens is 428 g/mol. The van der Waals surface area contributed by atoms with Gasteiger partial charge in [0.2, 0.25) is 5.78 Å². The third kappa shape index (κ3) is 4.96. The van der Waals surface area contributed by atoms with Crippen LogP contribution in [0.15, 0.2) is 36.9 Å². The number of nitro groups is 1. The van der Waals surface area contributed by atoms with Crippen LogP contribution >= 0.6 is 11.3 Å². The molecule has 1 aromatic carbocycles. The molecule has 9 nitrogen and oxygen atoms in total. The van der Waals surface area contributed by atoms with Gasteiger partial charge in [-0.3, -0.25) is 14.9 Å². The zero-order chi connectivity index (χ0) is 22.5. The SMILES string of the molecule is Cc1nc(N2CCCCC2)sc1C(=O)c1ccc(NCCCn2ccnc2)c([N+](=O)[O-])c1. The number of nitrogens with zero attached hydrogens (tertiary/aromatic N) is 5. The molecule has 168 valence electrons. The maximum atomic E-state index is 13.1. The number of aromatic nitrogens is 3. The van der Waals surface area contributed by atoms with Gasteiger partial charge < -0.3 is 14.8 Å². The van der Waals surface area contributed by atoms with Gasteiger partial charge in [-0.2, -0.15) is 0 Å². The fraction of sp³-hybridized carbons (Fsp3) is 0.409. The standard InChI is InChI=1S/C22H26N6O3S/c1-16-21(32-22(25-16)27-11-3-2-4-12-27)20(29)17-6-7-18(19(14-17)28(30)31)24-8-5-10-26-13-9-23-15-26/h6-7,9,13-15,24H,2-5,8,10-12H2,1H3. The van der Waals surface area contributed by atoms with Crippen molar-refractivity contribution in [2.45, 2.75) is 39.2 Å². The van der Waals surface area contributed by atoms with E-state index in [-0.39, 0.29) is 11.5 Å². The van der Waals surface area contributed by atoms with E-state index in [2.05, 4.69) is 20.2 Å². The van der Waals surface area contributed by atoms with Gasteiger partial charge in [0.15, 0.2) is 5.13 Å². The number of carbonyl (C=O) groups is 1. The Labute approximate surface area is 190 Å². The number of ketones is 1. The second kappa shape index (κ2) is 9.90. The van der Waals surface area contributed by atoms with Crippen molar-refractivity contribution in [1.29, 1.82) is 0 Å². The molecular formula is C22H26N6O3S. The molecule has 2 aromatic heterocycles. The number of piperidine rings is 1. The van der Waals surface area contributed by atoms with E-state index in [1.807, 2.05) is 17.7 Å². The molecule has 1 fully saturated rings. The first-order chi connectivity index (χ1) is 15.5. The van der Waals surface area contributed by atoms with Crippen LogP contribution in [0.25, 0.3) is 0 Å². The van der Waals surface area contributed by atoms with Crippen molar-refractivity contribution in [1.82, 2.24) is 14.5 Å². The Bertz CT molecular complexity index is 1090. The molecule has 0 amide bonds. The summed E-state index contributed by atoms with van der Waals surface area (Å²) in [6, 6.07) is 4.62. The molecule has 1 N–H and O–H groups in total. The van der Waals surface area contributed by atoms with Crippen molar-refractivity contribution in [2.75, 3.05) is 29.9 Å². The molecule has 1 aliphatic rings. The molecule has 0 radical (unpaired) electrons. The maximum absolute atomic E-state index is 13.1. The van der Waals surface area contributed by atoms with E-state index < -0.39 is 4.92 Å². The van der Waals surface area contributed by atoms with Crippen LogP contribution in [-0.4, -0.2) is 44.9 Å². The van der Waals surface area contributed by atoms with E-state index in [1.165, 1.54) is 23.8 Å². The lowest BCUT2D eigenvalue weighted by Crippen LogP contribution is -2.29. The van der Waals surface area contributed by atoms with Gasteiger partial charge in [-0.1, -0.05) is 11.3 Å². The number of benzene rings is 1. The van der Waals surface area contributed by atoms with Gasteiger partial charge in [0, 0.05) is 50.2 Å². The maximum Gasteiger partial charge on any atom is 0.293 e. The predicted molar refractivity (Wildman–Crippen MR) is 125 cm³/mol. The van der Waals surface area contributed by atoms with Gasteiger partial charge in [0.1, 0.15) is 5.69 Å². The molecule has 0 bridgehead atoms. The summed E-state index contributed by atoms with van der Waals surface area (Å²) in [4.78, 5) is 35.7. The highest BCUT2D eigenvalue weighted by Gasteiger charge is 2.23. The Morgan fingerprint density at radius 3 is 2.81 bits per heavy atom. The fourth-order valence-electron chi connectivity index (χ4n) is 3.82. The van der Waals surface area contributed by atoms with E-state index >= 15 is 0 Å². The molecule has 0 unspecified atom stereocenters. The van der Waals surface area contributed by atoms with Crippen molar-refractivity contribution in [2.24, 2.45) is 0 Å². The van der Waals surface area contributed by atoms with Crippen molar-refractivity contribution < 1.29 is 9.72 Å². The first kappa shape index (κ1) is 21.9. The Morgan fingerprint density at radius 2 is 2.09 bits per heavy atom.